The molecule has 0 bridgehead atoms. The van der Waals surface area contributed by atoms with E-state index in [2.05, 4.69) is 15.4 Å². The van der Waals surface area contributed by atoms with Crippen molar-refractivity contribution < 1.29 is 46.7 Å². The molecule has 0 radical (unpaired) electrons. The molecular formula is C26H34F3N7O7. The number of hydrogen-bond acceptors (Lipinski definition) is 9. The van der Waals surface area contributed by atoms with Gasteiger partial charge in [0.15, 0.2) is 0 Å². The van der Waals surface area contributed by atoms with Gasteiger partial charge in [0.05, 0.1) is 6.54 Å². The largest absolute Gasteiger partial charge is 0.491 e. The van der Waals surface area contributed by atoms with Gasteiger partial charge in [-0.1, -0.05) is 12.1 Å². The number of piperazine rings is 1. The zero-order valence-electron chi connectivity index (χ0n) is 23.2. The Morgan fingerprint density at radius 2 is 1.65 bits per heavy atom. The summed E-state index contributed by atoms with van der Waals surface area (Å²) in [4.78, 5) is 75.7. The van der Waals surface area contributed by atoms with Crippen LogP contribution < -0.4 is 22.1 Å². The van der Waals surface area contributed by atoms with E-state index in [0.717, 1.165) is 4.90 Å². The number of carbonyl (C=O) groups excluding carboxylic acids is 6. The van der Waals surface area contributed by atoms with Gasteiger partial charge in [0.2, 0.25) is 17.7 Å². The maximum absolute atomic E-state index is 13.2. The van der Waals surface area contributed by atoms with Crippen molar-refractivity contribution >= 4 is 41.4 Å². The summed E-state index contributed by atoms with van der Waals surface area (Å²) in [5, 5.41) is 12.5. The number of nitrogens with one attached hydrogen (secondary N) is 3. The Morgan fingerprint density at radius 1 is 1.00 bits per heavy atom. The van der Waals surface area contributed by atoms with Crippen LogP contribution in [0.2, 0.25) is 0 Å². The second-order valence-corrected chi connectivity index (χ2v) is 9.53. The Morgan fingerprint density at radius 3 is 2.26 bits per heavy atom. The summed E-state index contributed by atoms with van der Waals surface area (Å²) >= 11 is 0. The standard InChI is InChI=1S/C26H34F3N7O7/c27-26(28,29)25(42)43-21(39)15-35-12-13-36(18(24(35)41)4-3-11-33-19(37)5-1-2-10-30)20(38)14-34-23(40)17-8-6-16(7-9-17)22(31)32/h6-9,18H,1-5,10-15,30H2,(H3,31,32)(H,33,37)(H,34,40)/t18-/m0/s1. The number of hydrogen-bond donors (Lipinski definition) is 5. The summed E-state index contributed by atoms with van der Waals surface area (Å²) in [5.41, 5.74) is 11.4. The number of carbonyl (C=O) groups is 6. The highest BCUT2D eigenvalue weighted by Crippen LogP contribution is 2.19. The molecular weight excluding hydrogens is 579 g/mol. The van der Waals surface area contributed by atoms with Crippen molar-refractivity contribution in [2.75, 3.05) is 39.3 Å². The molecule has 7 N–H and O–H groups in total. The van der Waals surface area contributed by atoms with Crippen molar-refractivity contribution in [1.29, 1.82) is 5.41 Å². The molecule has 0 aromatic heterocycles. The first kappa shape index (κ1) is 34.7. The topological polar surface area (TPSA) is 218 Å². The van der Waals surface area contributed by atoms with Crippen molar-refractivity contribution in [2.24, 2.45) is 11.5 Å². The minimum atomic E-state index is -5.40. The fourth-order valence-corrected chi connectivity index (χ4v) is 4.12. The number of unbranched alkanes of at least 4 members (excludes halogenated alkanes) is 1. The number of amides is 4. The molecule has 1 fully saturated rings. The third kappa shape index (κ3) is 11.0. The monoisotopic (exact) mass is 613 g/mol. The van der Waals surface area contributed by atoms with Crippen LogP contribution in [-0.4, -0.2) is 103 Å². The van der Waals surface area contributed by atoms with Crippen LogP contribution in [0.5, 0.6) is 0 Å². The molecule has 1 aliphatic rings. The number of ether oxygens (including phenoxy) is 1. The molecule has 14 nitrogen and oxygen atoms in total. The first-order chi connectivity index (χ1) is 20.2. The fourth-order valence-electron chi connectivity index (χ4n) is 4.12. The molecule has 0 spiro atoms. The second-order valence-electron chi connectivity index (χ2n) is 9.53. The lowest BCUT2D eigenvalue weighted by molar-refractivity contribution is -0.202. The van der Waals surface area contributed by atoms with E-state index in [-0.39, 0.29) is 56.2 Å². The van der Waals surface area contributed by atoms with E-state index in [1.807, 2.05) is 0 Å². The molecule has 4 amide bonds. The number of halogens is 3. The molecule has 1 heterocycles. The minimum absolute atomic E-state index is 0.0150. The SMILES string of the molecule is N=C(N)c1ccc(C(=O)NCC(=O)N2CCN(CC(=O)OC(=O)C(F)(F)F)C(=O)[C@@H]2CCCNC(=O)CCCCN)cc1. The average molecular weight is 614 g/mol. The molecule has 2 rings (SSSR count). The van der Waals surface area contributed by atoms with Crippen molar-refractivity contribution in [3.63, 3.8) is 0 Å². The summed E-state index contributed by atoms with van der Waals surface area (Å²) in [7, 11) is 0. The Kier molecular flexibility index (Phi) is 13.0. The highest BCUT2D eigenvalue weighted by Gasteiger charge is 2.43. The zero-order chi connectivity index (χ0) is 32.2. The van der Waals surface area contributed by atoms with Gasteiger partial charge in [-0.15, -0.1) is 0 Å². The van der Waals surface area contributed by atoms with E-state index in [1.54, 1.807) is 0 Å². The van der Waals surface area contributed by atoms with Crippen LogP contribution in [0.25, 0.3) is 0 Å². The Bertz CT molecular complexity index is 1210. The predicted molar refractivity (Wildman–Crippen MR) is 144 cm³/mol. The smallest absolute Gasteiger partial charge is 0.385 e. The predicted octanol–water partition coefficient (Wildman–Crippen LogP) is -0.603. The van der Waals surface area contributed by atoms with Gasteiger partial charge in [0.25, 0.3) is 5.91 Å². The quantitative estimate of drug-likeness (QED) is 0.0594. The van der Waals surface area contributed by atoms with Gasteiger partial charge < -0.3 is 36.6 Å². The zero-order valence-corrected chi connectivity index (χ0v) is 23.2. The number of nitrogen functional groups attached to an aromatic ring is 1. The molecule has 0 unspecified atom stereocenters. The number of benzene rings is 1. The molecule has 0 saturated carbocycles. The lowest BCUT2D eigenvalue weighted by Gasteiger charge is -2.40. The normalized spacial score (nSPS) is 15.1. The van der Waals surface area contributed by atoms with Crippen LogP contribution in [0.4, 0.5) is 13.2 Å². The van der Waals surface area contributed by atoms with Crippen molar-refractivity contribution in [2.45, 2.75) is 44.3 Å². The van der Waals surface area contributed by atoms with Crippen molar-refractivity contribution in [3.05, 3.63) is 35.4 Å². The van der Waals surface area contributed by atoms with Crippen LogP contribution in [0, 0.1) is 5.41 Å². The van der Waals surface area contributed by atoms with Crippen LogP contribution in [0.15, 0.2) is 24.3 Å². The molecule has 1 aromatic rings. The lowest BCUT2D eigenvalue weighted by Crippen LogP contribution is -2.61. The molecule has 1 aromatic carbocycles. The van der Waals surface area contributed by atoms with E-state index in [4.69, 9.17) is 16.9 Å². The Hall–Kier alpha value is -4.54. The molecule has 236 valence electrons. The molecule has 1 saturated heterocycles. The Balaban J connectivity index is 2.05. The van der Waals surface area contributed by atoms with Gasteiger partial charge in [-0.25, -0.2) is 9.59 Å². The maximum Gasteiger partial charge on any atom is 0.491 e. The van der Waals surface area contributed by atoms with Crippen molar-refractivity contribution in [1.82, 2.24) is 20.4 Å². The first-order valence-electron chi connectivity index (χ1n) is 13.3. The highest BCUT2D eigenvalue weighted by molar-refractivity contribution is 6.00. The summed E-state index contributed by atoms with van der Waals surface area (Å²) in [5.74, 6) is -6.77. The van der Waals surface area contributed by atoms with Gasteiger partial charge in [-0.2, -0.15) is 13.2 Å². The number of amidine groups is 1. The van der Waals surface area contributed by atoms with E-state index < -0.39 is 55.0 Å². The van der Waals surface area contributed by atoms with Gasteiger partial charge in [0, 0.05) is 37.2 Å². The van der Waals surface area contributed by atoms with Crippen LogP contribution in [-0.2, 0) is 28.7 Å². The molecule has 0 aliphatic carbocycles. The van der Waals surface area contributed by atoms with Gasteiger partial charge in [-0.05, 0) is 44.4 Å². The summed E-state index contributed by atoms with van der Waals surface area (Å²) < 4.78 is 41.1. The van der Waals surface area contributed by atoms with Gasteiger partial charge in [0.1, 0.15) is 18.4 Å². The van der Waals surface area contributed by atoms with E-state index in [1.165, 1.54) is 29.2 Å². The Labute approximate surface area is 244 Å². The van der Waals surface area contributed by atoms with Crippen LogP contribution >= 0.6 is 0 Å². The summed E-state index contributed by atoms with van der Waals surface area (Å²) in [6.07, 6.45) is -3.63. The van der Waals surface area contributed by atoms with E-state index in [9.17, 15) is 41.9 Å². The van der Waals surface area contributed by atoms with Gasteiger partial charge >= 0.3 is 18.1 Å². The minimum Gasteiger partial charge on any atom is -0.385 e. The number of nitrogens with two attached hydrogens (primary N) is 2. The molecule has 43 heavy (non-hydrogen) atoms. The van der Waals surface area contributed by atoms with E-state index >= 15 is 0 Å². The number of alkyl halides is 3. The highest BCUT2D eigenvalue weighted by atomic mass is 19.4. The molecule has 17 heteroatoms. The molecule has 1 aliphatic heterocycles. The van der Waals surface area contributed by atoms with E-state index in [0.29, 0.717) is 24.9 Å². The summed E-state index contributed by atoms with van der Waals surface area (Å²) in [6, 6.07) is 4.56. The number of esters is 2. The number of rotatable bonds is 14. The van der Waals surface area contributed by atoms with Crippen molar-refractivity contribution in [3.8, 4) is 0 Å². The summed E-state index contributed by atoms with van der Waals surface area (Å²) in [6.45, 7) is -1.25. The average Bonchev–Trinajstić information content (AvgIpc) is 2.95. The maximum atomic E-state index is 13.2. The fraction of sp³-hybridized carbons (Fsp3) is 0.500. The number of nitrogens with zero attached hydrogens (tertiary/aromatic N) is 2. The third-order valence-electron chi connectivity index (χ3n) is 6.35. The van der Waals surface area contributed by atoms with Gasteiger partial charge in [-0.3, -0.25) is 24.6 Å². The second kappa shape index (κ2) is 16.2. The lowest BCUT2D eigenvalue weighted by atomic mass is 10.0. The first-order valence-corrected chi connectivity index (χ1v) is 13.3. The van der Waals surface area contributed by atoms with Crippen LogP contribution in [0.3, 0.4) is 0 Å². The third-order valence-corrected chi connectivity index (χ3v) is 6.35. The van der Waals surface area contributed by atoms with Crippen LogP contribution in [0.1, 0.15) is 48.0 Å². The molecule has 1 atom stereocenters.